The molecule has 0 amide bonds. The Labute approximate surface area is 128 Å². The van der Waals surface area contributed by atoms with Crippen LogP contribution in [0.25, 0.3) is 0 Å². The van der Waals surface area contributed by atoms with Crippen molar-refractivity contribution in [1.82, 2.24) is 0 Å². The van der Waals surface area contributed by atoms with E-state index in [0.29, 0.717) is 28.8 Å². The first-order valence-electron chi connectivity index (χ1n) is 6.92. The number of carbonyl (C=O) groups excluding carboxylic acids is 2. The third kappa shape index (κ3) is 3.28. The Bertz CT molecular complexity index is 713. The second kappa shape index (κ2) is 6.34. The van der Waals surface area contributed by atoms with Gasteiger partial charge in [0.15, 0.2) is 11.6 Å². The number of nitrogens with two attached hydrogens (primary N) is 2. The number of benzene rings is 1. The van der Waals surface area contributed by atoms with E-state index in [9.17, 15) is 9.59 Å². The molecule has 1 unspecified atom stereocenters. The molecule has 4 N–H and O–H groups in total. The van der Waals surface area contributed by atoms with Gasteiger partial charge in [-0.05, 0) is 19.4 Å². The van der Waals surface area contributed by atoms with Crippen LogP contribution in [-0.4, -0.2) is 23.2 Å². The van der Waals surface area contributed by atoms with E-state index >= 15 is 0 Å². The highest BCUT2D eigenvalue weighted by Gasteiger charge is 2.26. The van der Waals surface area contributed by atoms with E-state index in [-0.39, 0.29) is 23.4 Å². The molecule has 1 aliphatic rings. The second-order valence-electron chi connectivity index (χ2n) is 5.28. The molecule has 22 heavy (non-hydrogen) atoms. The summed E-state index contributed by atoms with van der Waals surface area (Å²) >= 11 is 0. The zero-order valence-electron chi connectivity index (χ0n) is 12.5. The number of carbonyl (C=O) groups is 2. The molecule has 0 saturated heterocycles. The number of rotatable bonds is 4. The molecule has 1 aliphatic carbocycles. The van der Waals surface area contributed by atoms with Crippen LogP contribution in [0.15, 0.2) is 46.1 Å². The van der Waals surface area contributed by atoms with Crippen molar-refractivity contribution < 1.29 is 9.59 Å². The van der Waals surface area contributed by atoms with Crippen molar-refractivity contribution in [2.45, 2.75) is 20.3 Å². The van der Waals surface area contributed by atoms with Crippen molar-refractivity contribution >= 4 is 23.2 Å². The Kier molecular flexibility index (Phi) is 4.50. The fourth-order valence-corrected chi connectivity index (χ4v) is 2.23. The molecule has 6 nitrogen and oxygen atoms in total. The van der Waals surface area contributed by atoms with Gasteiger partial charge in [-0.1, -0.05) is 31.2 Å². The van der Waals surface area contributed by atoms with Crippen molar-refractivity contribution in [1.29, 1.82) is 0 Å². The molecule has 114 valence electrons. The number of hydrogen-bond donors (Lipinski definition) is 2. The van der Waals surface area contributed by atoms with Crippen LogP contribution in [0.2, 0.25) is 0 Å². The molecule has 1 atom stereocenters. The highest BCUT2D eigenvalue weighted by molar-refractivity contribution is 6.24. The van der Waals surface area contributed by atoms with Crippen molar-refractivity contribution in [3.05, 3.63) is 47.0 Å². The predicted octanol–water partition coefficient (Wildman–Crippen LogP) is 1.67. The standard InChI is InChI=1S/C16H18N4O2/c1-9(10(2)19-20-16(17)18)7-11-8-14(21)12-5-3-4-6-13(12)15(11)22/h3-6,8-9H,7H2,1-2H3,(H4,17,18,20)/b19-10-. The molecule has 1 aromatic carbocycles. The van der Waals surface area contributed by atoms with E-state index in [1.165, 1.54) is 6.08 Å². The lowest BCUT2D eigenvalue weighted by Gasteiger charge is -2.17. The third-order valence-electron chi connectivity index (χ3n) is 3.60. The number of nitrogens with zero attached hydrogens (tertiary/aromatic N) is 2. The van der Waals surface area contributed by atoms with Gasteiger partial charge in [-0.3, -0.25) is 9.59 Å². The van der Waals surface area contributed by atoms with Crippen LogP contribution in [-0.2, 0) is 0 Å². The van der Waals surface area contributed by atoms with Crippen LogP contribution in [0.1, 0.15) is 41.0 Å². The SMILES string of the molecule is C/C(=N/N=C(N)N)C(C)CC1=CC(=O)c2ccccc2C1=O. The van der Waals surface area contributed by atoms with E-state index < -0.39 is 0 Å². The van der Waals surface area contributed by atoms with E-state index in [1.54, 1.807) is 31.2 Å². The largest absolute Gasteiger partial charge is 0.369 e. The van der Waals surface area contributed by atoms with Gasteiger partial charge in [0.2, 0.25) is 5.96 Å². The Balaban J connectivity index is 2.21. The minimum Gasteiger partial charge on any atom is -0.369 e. The first-order valence-corrected chi connectivity index (χ1v) is 6.92. The second-order valence-corrected chi connectivity index (χ2v) is 5.28. The third-order valence-corrected chi connectivity index (χ3v) is 3.60. The zero-order valence-corrected chi connectivity index (χ0v) is 12.5. The summed E-state index contributed by atoms with van der Waals surface area (Å²) in [6.45, 7) is 3.68. The normalized spacial score (nSPS) is 15.9. The molecule has 0 spiro atoms. The monoisotopic (exact) mass is 298 g/mol. The molecular weight excluding hydrogens is 280 g/mol. The maximum Gasteiger partial charge on any atom is 0.211 e. The summed E-state index contributed by atoms with van der Waals surface area (Å²) in [5.74, 6) is -0.437. The van der Waals surface area contributed by atoms with Crippen LogP contribution in [0.5, 0.6) is 0 Å². The Morgan fingerprint density at radius 1 is 1.14 bits per heavy atom. The fraction of sp³-hybridized carbons (Fsp3) is 0.250. The quantitative estimate of drug-likeness (QED) is 0.500. The van der Waals surface area contributed by atoms with Crippen molar-refractivity contribution in [3.8, 4) is 0 Å². The van der Waals surface area contributed by atoms with Gasteiger partial charge in [-0.2, -0.15) is 5.10 Å². The van der Waals surface area contributed by atoms with E-state index in [1.807, 2.05) is 6.92 Å². The molecule has 0 radical (unpaired) electrons. The first-order chi connectivity index (χ1) is 10.4. The first kappa shape index (κ1) is 15.6. The summed E-state index contributed by atoms with van der Waals surface area (Å²) in [7, 11) is 0. The van der Waals surface area contributed by atoms with Gasteiger partial charge in [0.05, 0.1) is 0 Å². The van der Waals surface area contributed by atoms with Crippen LogP contribution in [0.3, 0.4) is 0 Å². The zero-order chi connectivity index (χ0) is 16.3. The van der Waals surface area contributed by atoms with Gasteiger partial charge in [0.1, 0.15) is 0 Å². The average molecular weight is 298 g/mol. The molecule has 0 saturated carbocycles. The van der Waals surface area contributed by atoms with Crippen LogP contribution >= 0.6 is 0 Å². The number of Topliss-reactive ketones (excluding diaryl/α,β-unsaturated/α-hetero) is 1. The number of ketones is 2. The van der Waals surface area contributed by atoms with Gasteiger partial charge in [0, 0.05) is 28.3 Å². The Morgan fingerprint density at radius 3 is 2.41 bits per heavy atom. The lowest BCUT2D eigenvalue weighted by molar-refractivity contribution is 0.0980. The summed E-state index contributed by atoms with van der Waals surface area (Å²) in [5, 5.41) is 7.51. The molecule has 6 heteroatoms. The molecule has 2 rings (SSSR count). The molecule has 0 heterocycles. The lowest BCUT2D eigenvalue weighted by atomic mass is 9.85. The van der Waals surface area contributed by atoms with Gasteiger partial charge < -0.3 is 11.5 Å². The summed E-state index contributed by atoms with van der Waals surface area (Å²) < 4.78 is 0. The number of allylic oxidation sites excluding steroid dienone is 2. The minimum absolute atomic E-state index is 0.0589. The van der Waals surface area contributed by atoms with Crippen LogP contribution in [0.4, 0.5) is 0 Å². The van der Waals surface area contributed by atoms with Crippen LogP contribution < -0.4 is 11.5 Å². The molecule has 0 aliphatic heterocycles. The number of fused-ring (bicyclic) bond motifs is 1. The van der Waals surface area contributed by atoms with E-state index in [2.05, 4.69) is 10.2 Å². The topological polar surface area (TPSA) is 111 Å². The number of guanidine groups is 1. The maximum absolute atomic E-state index is 12.5. The smallest absolute Gasteiger partial charge is 0.211 e. The van der Waals surface area contributed by atoms with Crippen molar-refractivity contribution in [3.63, 3.8) is 0 Å². The van der Waals surface area contributed by atoms with E-state index in [0.717, 1.165) is 0 Å². The minimum atomic E-state index is -0.142. The summed E-state index contributed by atoms with van der Waals surface area (Å²) in [4.78, 5) is 24.6. The van der Waals surface area contributed by atoms with E-state index in [4.69, 9.17) is 11.5 Å². The lowest BCUT2D eigenvalue weighted by Crippen LogP contribution is -2.22. The Morgan fingerprint density at radius 2 is 1.77 bits per heavy atom. The van der Waals surface area contributed by atoms with Gasteiger partial charge >= 0.3 is 0 Å². The van der Waals surface area contributed by atoms with Crippen LogP contribution in [0, 0.1) is 5.92 Å². The highest BCUT2D eigenvalue weighted by atomic mass is 16.1. The summed E-state index contributed by atoms with van der Waals surface area (Å²) in [6.07, 6.45) is 1.82. The molecular formula is C16H18N4O2. The average Bonchev–Trinajstić information content (AvgIpc) is 2.49. The van der Waals surface area contributed by atoms with Gasteiger partial charge in [0.25, 0.3) is 0 Å². The van der Waals surface area contributed by atoms with Crippen molar-refractivity contribution in [2.75, 3.05) is 0 Å². The van der Waals surface area contributed by atoms with Gasteiger partial charge in [-0.25, -0.2) is 0 Å². The Hall–Kier alpha value is -2.76. The summed E-state index contributed by atoms with van der Waals surface area (Å²) in [5.41, 5.74) is 12.5. The van der Waals surface area contributed by atoms with Crippen molar-refractivity contribution in [2.24, 2.45) is 27.6 Å². The fourth-order valence-electron chi connectivity index (χ4n) is 2.23. The predicted molar refractivity (Wildman–Crippen MR) is 85.9 cm³/mol. The van der Waals surface area contributed by atoms with Gasteiger partial charge in [-0.15, -0.1) is 5.10 Å². The number of hydrogen-bond acceptors (Lipinski definition) is 4. The highest BCUT2D eigenvalue weighted by Crippen LogP contribution is 2.25. The maximum atomic E-state index is 12.5. The molecule has 0 fully saturated rings. The molecule has 0 bridgehead atoms. The molecule has 0 aromatic heterocycles. The summed E-state index contributed by atoms with van der Waals surface area (Å²) in [6, 6.07) is 6.84. The molecule has 1 aromatic rings.